The van der Waals surface area contributed by atoms with Gasteiger partial charge in [0, 0.05) is 18.5 Å². The average molecular weight is 284 g/mol. The monoisotopic (exact) mass is 284 g/mol. The van der Waals surface area contributed by atoms with E-state index in [0.717, 1.165) is 0 Å². The van der Waals surface area contributed by atoms with Crippen LogP contribution < -0.4 is 5.32 Å². The molecule has 0 spiro atoms. The van der Waals surface area contributed by atoms with E-state index in [4.69, 9.17) is 0 Å². The molecule has 1 heterocycles. The summed E-state index contributed by atoms with van der Waals surface area (Å²) < 4.78 is 0. The van der Waals surface area contributed by atoms with Crippen molar-refractivity contribution in [2.45, 2.75) is 40.5 Å². The number of rotatable bonds is 3. The van der Waals surface area contributed by atoms with Crippen molar-refractivity contribution < 1.29 is 19.5 Å². The summed E-state index contributed by atoms with van der Waals surface area (Å²) in [5.41, 5.74) is -1.43. The van der Waals surface area contributed by atoms with Gasteiger partial charge in [-0.25, -0.2) is 0 Å². The lowest BCUT2D eigenvalue weighted by atomic mass is 9.82. The average Bonchev–Trinajstić information content (AvgIpc) is 2.34. The second kappa shape index (κ2) is 5.81. The molecule has 20 heavy (non-hydrogen) atoms. The Kier molecular flexibility index (Phi) is 4.78. The van der Waals surface area contributed by atoms with E-state index in [-0.39, 0.29) is 24.9 Å². The summed E-state index contributed by atoms with van der Waals surface area (Å²) in [7, 11) is 0. The zero-order valence-corrected chi connectivity index (χ0v) is 12.7. The van der Waals surface area contributed by atoms with E-state index in [1.807, 2.05) is 0 Å². The Labute approximate surface area is 119 Å². The molecule has 1 aliphatic rings. The van der Waals surface area contributed by atoms with E-state index < -0.39 is 16.8 Å². The van der Waals surface area contributed by atoms with Gasteiger partial charge >= 0.3 is 5.97 Å². The summed E-state index contributed by atoms with van der Waals surface area (Å²) in [5.74, 6) is -1.30. The molecule has 1 fully saturated rings. The van der Waals surface area contributed by atoms with Gasteiger partial charge in [-0.15, -0.1) is 0 Å². The number of carboxylic acid groups (broad SMARTS) is 1. The van der Waals surface area contributed by atoms with Gasteiger partial charge in [0.15, 0.2) is 0 Å². The van der Waals surface area contributed by atoms with E-state index in [2.05, 4.69) is 5.32 Å². The number of carboxylic acids is 1. The summed E-state index contributed by atoms with van der Waals surface area (Å²) in [6.45, 7) is 7.65. The van der Waals surface area contributed by atoms with Crippen LogP contribution in [0, 0.1) is 10.8 Å². The molecule has 0 saturated carbocycles. The van der Waals surface area contributed by atoms with E-state index in [9.17, 15) is 19.5 Å². The fraction of sp³-hybridized carbons (Fsp3) is 0.786. The number of piperidine rings is 1. The summed E-state index contributed by atoms with van der Waals surface area (Å²) in [4.78, 5) is 36.5. The quantitative estimate of drug-likeness (QED) is 0.805. The van der Waals surface area contributed by atoms with Crippen LogP contribution in [0.25, 0.3) is 0 Å². The molecule has 6 heteroatoms. The highest BCUT2D eigenvalue weighted by Crippen LogP contribution is 2.29. The van der Waals surface area contributed by atoms with Crippen molar-refractivity contribution in [2.24, 2.45) is 10.8 Å². The van der Waals surface area contributed by atoms with Crippen LogP contribution in [0.2, 0.25) is 0 Å². The Bertz CT molecular complexity index is 414. The molecule has 1 aliphatic heterocycles. The lowest BCUT2D eigenvalue weighted by Gasteiger charge is -2.37. The van der Waals surface area contributed by atoms with Crippen LogP contribution in [0.5, 0.6) is 0 Å². The minimum Gasteiger partial charge on any atom is -0.481 e. The van der Waals surface area contributed by atoms with E-state index in [1.165, 1.54) is 4.90 Å². The van der Waals surface area contributed by atoms with Crippen molar-refractivity contribution in [3.8, 4) is 0 Å². The van der Waals surface area contributed by atoms with Gasteiger partial charge in [0.25, 0.3) is 0 Å². The number of amides is 2. The summed E-state index contributed by atoms with van der Waals surface area (Å²) >= 11 is 0. The highest BCUT2D eigenvalue weighted by molar-refractivity contribution is 5.87. The van der Waals surface area contributed by atoms with Gasteiger partial charge in [0.2, 0.25) is 11.8 Å². The molecule has 1 rings (SSSR count). The van der Waals surface area contributed by atoms with Gasteiger partial charge in [0.1, 0.15) is 0 Å². The van der Waals surface area contributed by atoms with Crippen LogP contribution in [-0.4, -0.2) is 47.4 Å². The number of likely N-dealkylation sites (tertiary alicyclic amines) is 1. The minimum atomic E-state index is -0.887. The first-order valence-corrected chi connectivity index (χ1v) is 6.86. The number of aliphatic carboxylic acids is 1. The standard InChI is InChI=1S/C14H24N2O4/c1-13(2,3)11(18)15-8-10(17)16-7-5-6-14(4,9-16)12(19)20/h5-9H2,1-4H3,(H,15,18)(H,19,20). The number of hydrogen-bond acceptors (Lipinski definition) is 3. The highest BCUT2D eigenvalue weighted by atomic mass is 16.4. The lowest BCUT2D eigenvalue weighted by Crippen LogP contribution is -2.51. The van der Waals surface area contributed by atoms with Crippen molar-refractivity contribution in [1.82, 2.24) is 10.2 Å². The highest BCUT2D eigenvalue weighted by Gasteiger charge is 2.39. The second-order valence-electron chi connectivity index (χ2n) is 6.72. The fourth-order valence-electron chi connectivity index (χ4n) is 2.16. The maximum Gasteiger partial charge on any atom is 0.311 e. The van der Waals surface area contributed by atoms with Gasteiger partial charge in [0.05, 0.1) is 12.0 Å². The minimum absolute atomic E-state index is 0.0776. The number of carbonyl (C=O) groups is 3. The predicted molar refractivity (Wildman–Crippen MR) is 74.0 cm³/mol. The molecule has 2 N–H and O–H groups in total. The molecule has 0 aromatic rings. The van der Waals surface area contributed by atoms with Crippen LogP contribution in [0.4, 0.5) is 0 Å². The Morgan fingerprint density at radius 3 is 2.40 bits per heavy atom. The predicted octanol–water partition coefficient (Wildman–Crippen LogP) is 0.862. The summed E-state index contributed by atoms with van der Waals surface area (Å²) in [6.07, 6.45) is 1.24. The Morgan fingerprint density at radius 2 is 1.90 bits per heavy atom. The topological polar surface area (TPSA) is 86.7 Å². The number of carbonyl (C=O) groups excluding carboxylic acids is 2. The van der Waals surface area contributed by atoms with E-state index >= 15 is 0 Å². The Hall–Kier alpha value is -1.59. The number of nitrogens with zero attached hydrogens (tertiary/aromatic N) is 1. The third-order valence-electron chi connectivity index (χ3n) is 3.65. The molecule has 0 aromatic carbocycles. The van der Waals surface area contributed by atoms with Crippen LogP contribution in [0.3, 0.4) is 0 Å². The molecule has 6 nitrogen and oxygen atoms in total. The van der Waals surface area contributed by atoms with Gasteiger partial charge < -0.3 is 15.3 Å². The van der Waals surface area contributed by atoms with Crippen LogP contribution in [-0.2, 0) is 14.4 Å². The molecule has 0 radical (unpaired) electrons. The van der Waals surface area contributed by atoms with Crippen LogP contribution in [0.1, 0.15) is 40.5 Å². The molecule has 0 aromatic heterocycles. The van der Waals surface area contributed by atoms with E-state index in [0.29, 0.717) is 19.4 Å². The molecule has 0 aliphatic carbocycles. The van der Waals surface area contributed by atoms with Crippen molar-refractivity contribution in [3.05, 3.63) is 0 Å². The SMILES string of the molecule is CC(C)(C)C(=O)NCC(=O)N1CCCC(C)(C(=O)O)C1. The molecule has 0 bridgehead atoms. The zero-order valence-electron chi connectivity index (χ0n) is 12.7. The first-order valence-electron chi connectivity index (χ1n) is 6.86. The smallest absolute Gasteiger partial charge is 0.311 e. The first-order chi connectivity index (χ1) is 9.06. The van der Waals surface area contributed by atoms with Crippen molar-refractivity contribution >= 4 is 17.8 Å². The molecular formula is C14H24N2O4. The third kappa shape index (κ3) is 3.95. The molecule has 2 amide bonds. The second-order valence-corrected chi connectivity index (χ2v) is 6.72. The third-order valence-corrected chi connectivity index (χ3v) is 3.65. The Morgan fingerprint density at radius 1 is 1.30 bits per heavy atom. The summed E-state index contributed by atoms with van der Waals surface area (Å²) in [5, 5.41) is 11.8. The van der Waals surface area contributed by atoms with Crippen molar-refractivity contribution in [3.63, 3.8) is 0 Å². The van der Waals surface area contributed by atoms with Crippen LogP contribution >= 0.6 is 0 Å². The van der Waals surface area contributed by atoms with Crippen molar-refractivity contribution in [1.29, 1.82) is 0 Å². The number of hydrogen-bond donors (Lipinski definition) is 2. The van der Waals surface area contributed by atoms with Crippen LogP contribution in [0.15, 0.2) is 0 Å². The normalized spacial score (nSPS) is 23.3. The molecule has 114 valence electrons. The molecule has 1 atom stereocenters. The van der Waals surface area contributed by atoms with Gasteiger partial charge in [-0.1, -0.05) is 20.8 Å². The van der Waals surface area contributed by atoms with Gasteiger partial charge in [-0.3, -0.25) is 14.4 Å². The largest absolute Gasteiger partial charge is 0.481 e. The van der Waals surface area contributed by atoms with Gasteiger partial charge in [-0.2, -0.15) is 0 Å². The molecule has 1 unspecified atom stereocenters. The maximum atomic E-state index is 12.1. The Balaban J connectivity index is 2.56. The first kappa shape index (κ1) is 16.5. The fourth-order valence-corrected chi connectivity index (χ4v) is 2.16. The molecule has 1 saturated heterocycles. The summed E-state index contributed by atoms with van der Waals surface area (Å²) in [6, 6.07) is 0. The number of nitrogens with one attached hydrogen (secondary N) is 1. The molecular weight excluding hydrogens is 260 g/mol. The maximum absolute atomic E-state index is 12.1. The van der Waals surface area contributed by atoms with Crippen molar-refractivity contribution in [2.75, 3.05) is 19.6 Å². The van der Waals surface area contributed by atoms with Gasteiger partial charge in [-0.05, 0) is 19.8 Å². The van der Waals surface area contributed by atoms with E-state index in [1.54, 1.807) is 27.7 Å². The zero-order chi connectivity index (χ0) is 15.6. The lowest BCUT2D eigenvalue weighted by molar-refractivity contribution is -0.153.